The molecule has 4 heteroatoms. The maximum atomic E-state index is 5.93. The maximum Gasteiger partial charge on any atom is 0.119 e. The van der Waals surface area contributed by atoms with Crippen LogP contribution in [0.15, 0.2) is 24.3 Å². The first-order chi connectivity index (χ1) is 8.65. The number of aryl methyl sites for hydroxylation is 1. The standard InChI is InChI=1S/C14H17ClN2O/c1-10-14(8-15)11(2)17(16-10)9-12-5-4-6-13(7-12)18-3/h4-7H,8-9H2,1-3H3. The highest BCUT2D eigenvalue weighted by molar-refractivity contribution is 6.17. The molecule has 18 heavy (non-hydrogen) atoms. The predicted molar refractivity (Wildman–Crippen MR) is 73.4 cm³/mol. The fourth-order valence-corrected chi connectivity index (χ4v) is 2.41. The van der Waals surface area contributed by atoms with Crippen LogP contribution in [0.25, 0.3) is 0 Å². The van der Waals surface area contributed by atoms with E-state index < -0.39 is 0 Å². The number of hydrogen-bond acceptors (Lipinski definition) is 2. The zero-order chi connectivity index (χ0) is 13.1. The molecule has 1 aromatic heterocycles. The van der Waals surface area contributed by atoms with E-state index in [2.05, 4.69) is 18.1 Å². The van der Waals surface area contributed by atoms with Crippen molar-refractivity contribution in [3.05, 3.63) is 46.8 Å². The number of nitrogens with zero attached hydrogens (tertiary/aromatic N) is 2. The molecule has 0 saturated heterocycles. The van der Waals surface area contributed by atoms with Gasteiger partial charge in [-0.25, -0.2) is 0 Å². The summed E-state index contributed by atoms with van der Waals surface area (Å²) >= 11 is 5.93. The van der Waals surface area contributed by atoms with E-state index in [1.54, 1.807) is 7.11 Å². The molecule has 0 aliphatic heterocycles. The van der Waals surface area contributed by atoms with Crippen LogP contribution in [0.2, 0.25) is 0 Å². The number of benzene rings is 1. The van der Waals surface area contributed by atoms with Crippen molar-refractivity contribution in [3.63, 3.8) is 0 Å². The minimum Gasteiger partial charge on any atom is -0.497 e. The number of aromatic nitrogens is 2. The average Bonchev–Trinajstić information content (AvgIpc) is 2.64. The molecule has 0 amide bonds. The maximum absolute atomic E-state index is 5.93. The second-order valence-electron chi connectivity index (χ2n) is 4.29. The first kappa shape index (κ1) is 13.0. The Labute approximate surface area is 112 Å². The summed E-state index contributed by atoms with van der Waals surface area (Å²) in [6, 6.07) is 8.02. The van der Waals surface area contributed by atoms with Crippen molar-refractivity contribution in [1.29, 1.82) is 0 Å². The Hall–Kier alpha value is -1.48. The van der Waals surface area contributed by atoms with Gasteiger partial charge < -0.3 is 4.74 Å². The Morgan fingerprint density at radius 3 is 2.72 bits per heavy atom. The number of hydrogen-bond donors (Lipinski definition) is 0. The first-order valence-electron chi connectivity index (χ1n) is 5.87. The van der Waals surface area contributed by atoms with Crippen LogP contribution in [-0.2, 0) is 12.4 Å². The van der Waals surface area contributed by atoms with E-state index >= 15 is 0 Å². The summed E-state index contributed by atoms with van der Waals surface area (Å²) in [5.41, 5.74) is 4.43. The van der Waals surface area contributed by atoms with Crippen LogP contribution in [0.3, 0.4) is 0 Å². The number of rotatable bonds is 4. The van der Waals surface area contributed by atoms with Crippen molar-refractivity contribution < 1.29 is 4.74 Å². The monoisotopic (exact) mass is 264 g/mol. The summed E-state index contributed by atoms with van der Waals surface area (Å²) < 4.78 is 7.21. The third-order valence-electron chi connectivity index (χ3n) is 3.13. The molecule has 0 spiro atoms. The van der Waals surface area contributed by atoms with Gasteiger partial charge in [0.05, 0.1) is 25.2 Å². The molecule has 0 aliphatic carbocycles. The number of alkyl halides is 1. The Balaban J connectivity index is 2.28. The highest BCUT2D eigenvalue weighted by atomic mass is 35.5. The van der Waals surface area contributed by atoms with Crippen LogP contribution in [0.5, 0.6) is 5.75 Å². The summed E-state index contributed by atoms with van der Waals surface area (Å²) in [6.45, 7) is 4.78. The van der Waals surface area contributed by atoms with Crippen LogP contribution in [-0.4, -0.2) is 16.9 Å². The highest BCUT2D eigenvalue weighted by Gasteiger charge is 2.10. The molecule has 96 valence electrons. The third-order valence-corrected chi connectivity index (χ3v) is 3.40. The van der Waals surface area contributed by atoms with Gasteiger partial charge in [-0.1, -0.05) is 12.1 Å². The Kier molecular flexibility index (Phi) is 3.92. The van der Waals surface area contributed by atoms with Gasteiger partial charge in [0.25, 0.3) is 0 Å². The van der Waals surface area contributed by atoms with Crippen molar-refractivity contribution in [2.75, 3.05) is 7.11 Å². The molecule has 0 aliphatic rings. The topological polar surface area (TPSA) is 27.1 Å². The molecule has 2 aromatic rings. The lowest BCUT2D eigenvalue weighted by Crippen LogP contribution is -2.04. The second-order valence-corrected chi connectivity index (χ2v) is 4.56. The van der Waals surface area contributed by atoms with Gasteiger partial charge >= 0.3 is 0 Å². The molecule has 0 unspecified atom stereocenters. The fourth-order valence-electron chi connectivity index (χ4n) is 2.03. The summed E-state index contributed by atoms with van der Waals surface area (Å²) in [5.74, 6) is 1.38. The molecule has 0 bridgehead atoms. The van der Waals surface area contributed by atoms with Crippen LogP contribution in [0, 0.1) is 13.8 Å². The zero-order valence-corrected chi connectivity index (χ0v) is 11.7. The van der Waals surface area contributed by atoms with E-state index in [0.29, 0.717) is 5.88 Å². The molecule has 0 fully saturated rings. The van der Waals surface area contributed by atoms with E-state index in [4.69, 9.17) is 16.3 Å². The lowest BCUT2D eigenvalue weighted by Gasteiger charge is -2.07. The van der Waals surface area contributed by atoms with Crippen molar-refractivity contribution >= 4 is 11.6 Å². The average molecular weight is 265 g/mol. The number of halogens is 1. The minimum absolute atomic E-state index is 0.510. The van der Waals surface area contributed by atoms with Gasteiger partial charge in [-0.3, -0.25) is 4.68 Å². The van der Waals surface area contributed by atoms with Crippen LogP contribution in [0.4, 0.5) is 0 Å². The molecule has 0 saturated carbocycles. The number of methoxy groups -OCH3 is 1. The highest BCUT2D eigenvalue weighted by Crippen LogP contribution is 2.18. The van der Waals surface area contributed by atoms with E-state index in [0.717, 1.165) is 29.2 Å². The molecule has 2 rings (SSSR count). The Morgan fingerprint density at radius 1 is 1.33 bits per heavy atom. The molecule has 1 heterocycles. The summed E-state index contributed by atoms with van der Waals surface area (Å²) in [7, 11) is 1.67. The molecular weight excluding hydrogens is 248 g/mol. The van der Waals surface area contributed by atoms with E-state index in [9.17, 15) is 0 Å². The van der Waals surface area contributed by atoms with E-state index in [1.165, 1.54) is 5.56 Å². The number of ether oxygens (including phenoxy) is 1. The van der Waals surface area contributed by atoms with Gasteiger partial charge in [-0.05, 0) is 31.5 Å². The van der Waals surface area contributed by atoms with Crippen LogP contribution in [0.1, 0.15) is 22.5 Å². The van der Waals surface area contributed by atoms with Gasteiger partial charge in [-0.2, -0.15) is 5.10 Å². The molecule has 0 N–H and O–H groups in total. The van der Waals surface area contributed by atoms with E-state index in [-0.39, 0.29) is 0 Å². The Bertz CT molecular complexity index is 549. The van der Waals surface area contributed by atoms with Gasteiger partial charge in [0.1, 0.15) is 5.75 Å². The smallest absolute Gasteiger partial charge is 0.119 e. The second kappa shape index (κ2) is 5.44. The predicted octanol–water partition coefficient (Wildman–Crippen LogP) is 3.30. The van der Waals surface area contributed by atoms with Crippen LogP contribution >= 0.6 is 11.6 Å². The largest absolute Gasteiger partial charge is 0.497 e. The van der Waals surface area contributed by atoms with E-state index in [1.807, 2.05) is 29.8 Å². The lowest BCUT2D eigenvalue weighted by atomic mass is 10.2. The zero-order valence-electron chi connectivity index (χ0n) is 10.9. The lowest BCUT2D eigenvalue weighted by molar-refractivity contribution is 0.414. The fraction of sp³-hybridized carbons (Fsp3) is 0.357. The molecule has 1 aromatic carbocycles. The SMILES string of the molecule is COc1cccc(Cn2nc(C)c(CCl)c2C)c1. The molecule has 0 atom stereocenters. The van der Waals surface area contributed by atoms with Crippen molar-refractivity contribution in [2.24, 2.45) is 0 Å². The van der Waals surface area contributed by atoms with Gasteiger partial charge in [0.2, 0.25) is 0 Å². The van der Waals surface area contributed by atoms with Crippen molar-refractivity contribution in [3.8, 4) is 5.75 Å². The first-order valence-corrected chi connectivity index (χ1v) is 6.41. The summed E-state index contributed by atoms with van der Waals surface area (Å²) in [4.78, 5) is 0. The normalized spacial score (nSPS) is 10.7. The third kappa shape index (κ3) is 2.51. The van der Waals surface area contributed by atoms with Crippen molar-refractivity contribution in [1.82, 2.24) is 9.78 Å². The Morgan fingerprint density at radius 2 is 2.11 bits per heavy atom. The van der Waals surface area contributed by atoms with Gasteiger partial charge in [0, 0.05) is 11.3 Å². The van der Waals surface area contributed by atoms with Gasteiger partial charge in [-0.15, -0.1) is 11.6 Å². The summed E-state index contributed by atoms with van der Waals surface area (Å²) in [6.07, 6.45) is 0. The summed E-state index contributed by atoms with van der Waals surface area (Å²) in [5, 5.41) is 4.52. The van der Waals surface area contributed by atoms with Crippen molar-refractivity contribution in [2.45, 2.75) is 26.3 Å². The molecular formula is C14H17ClN2O. The molecule has 3 nitrogen and oxygen atoms in total. The molecule has 0 radical (unpaired) electrons. The van der Waals surface area contributed by atoms with Crippen LogP contribution < -0.4 is 4.74 Å². The quantitative estimate of drug-likeness (QED) is 0.793. The minimum atomic E-state index is 0.510. The van der Waals surface area contributed by atoms with Gasteiger partial charge in [0.15, 0.2) is 0 Å².